The molecular formula is C13H18ClNO. The number of nitrogens with one attached hydrogen (secondary N) is 1. The molecule has 1 fully saturated rings. The van der Waals surface area contributed by atoms with E-state index in [4.69, 9.17) is 11.6 Å². The van der Waals surface area contributed by atoms with Gasteiger partial charge in [0.1, 0.15) is 0 Å². The second-order valence-corrected chi connectivity index (χ2v) is 5.17. The fraction of sp³-hybridized carbons (Fsp3) is 0.538. The summed E-state index contributed by atoms with van der Waals surface area (Å²) in [7, 11) is 0. The van der Waals surface area contributed by atoms with E-state index in [-0.39, 0.29) is 0 Å². The van der Waals surface area contributed by atoms with Gasteiger partial charge in [0.2, 0.25) is 0 Å². The van der Waals surface area contributed by atoms with Crippen molar-refractivity contribution >= 4 is 11.6 Å². The summed E-state index contributed by atoms with van der Waals surface area (Å²) in [6, 6.07) is 6.03. The number of hydrogen-bond donors (Lipinski definition) is 2. The first kappa shape index (κ1) is 11.9. The molecule has 0 amide bonds. The van der Waals surface area contributed by atoms with Crippen molar-refractivity contribution in [3.8, 4) is 0 Å². The van der Waals surface area contributed by atoms with Crippen molar-refractivity contribution in [2.24, 2.45) is 0 Å². The number of hydrogen-bond acceptors (Lipinski definition) is 2. The van der Waals surface area contributed by atoms with Crippen molar-refractivity contribution in [2.75, 3.05) is 6.54 Å². The van der Waals surface area contributed by atoms with Gasteiger partial charge in [-0.05, 0) is 43.4 Å². The number of benzene rings is 1. The highest BCUT2D eigenvalue weighted by molar-refractivity contribution is 6.31. The zero-order chi connectivity index (χ0) is 11.6. The molecule has 0 atom stereocenters. The summed E-state index contributed by atoms with van der Waals surface area (Å²) in [6.45, 7) is 3.49. The maximum atomic E-state index is 9.90. The number of halogens is 1. The molecule has 2 N–H and O–H groups in total. The average Bonchev–Trinajstić information content (AvgIpc) is 2.21. The van der Waals surface area contributed by atoms with E-state index in [1.807, 2.05) is 19.1 Å². The van der Waals surface area contributed by atoms with Gasteiger partial charge in [0, 0.05) is 18.1 Å². The highest BCUT2D eigenvalue weighted by Crippen LogP contribution is 2.30. The SMILES string of the molecule is Cc1cc(CNCC2(O)CCC2)ccc1Cl. The first-order valence-corrected chi connectivity index (χ1v) is 6.15. The van der Waals surface area contributed by atoms with Gasteiger partial charge in [0.25, 0.3) is 0 Å². The normalized spacial score (nSPS) is 18.2. The summed E-state index contributed by atoms with van der Waals surface area (Å²) >= 11 is 5.96. The Labute approximate surface area is 102 Å². The average molecular weight is 240 g/mol. The van der Waals surface area contributed by atoms with Gasteiger partial charge in [-0.1, -0.05) is 23.7 Å². The van der Waals surface area contributed by atoms with E-state index < -0.39 is 5.60 Å². The zero-order valence-corrected chi connectivity index (χ0v) is 10.3. The molecule has 2 rings (SSSR count). The van der Waals surface area contributed by atoms with Gasteiger partial charge < -0.3 is 10.4 Å². The molecule has 16 heavy (non-hydrogen) atoms. The Hall–Kier alpha value is -0.570. The van der Waals surface area contributed by atoms with Crippen LogP contribution in [0.4, 0.5) is 0 Å². The Kier molecular flexibility index (Phi) is 3.53. The first-order chi connectivity index (χ1) is 7.59. The molecule has 3 heteroatoms. The summed E-state index contributed by atoms with van der Waals surface area (Å²) in [4.78, 5) is 0. The maximum absolute atomic E-state index is 9.90. The number of aliphatic hydroxyl groups is 1. The van der Waals surface area contributed by atoms with Gasteiger partial charge in [0.15, 0.2) is 0 Å². The minimum Gasteiger partial charge on any atom is -0.389 e. The minimum absolute atomic E-state index is 0.443. The lowest BCUT2D eigenvalue weighted by atomic mass is 9.80. The van der Waals surface area contributed by atoms with E-state index in [0.29, 0.717) is 6.54 Å². The van der Waals surface area contributed by atoms with Crippen LogP contribution in [0.25, 0.3) is 0 Å². The smallest absolute Gasteiger partial charge is 0.0771 e. The molecule has 1 saturated carbocycles. The quantitative estimate of drug-likeness (QED) is 0.847. The lowest BCUT2D eigenvalue weighted by Gasteiger charge is -2.36. The monoisotopic (exact) mass is 239 g/mol. The van der Waals surface area contributed by atoms with E-state index in [0.717, 1.165) is 36.4 Å². The van der Waals surface area contributed by atoms with Crippen LogP contribution in [0.15, 0.2) is 18.2 Å². The summed E-state index contributed by atoms with van der Waals surface area (Å²) in [5, 5.41) is 14.0. The summed E-state index contributed by atoms with van der Waals surface area (Å²) < 4.78 is 0. The van der Waals surface area contributed by atoms with Crippen LogP contribution in [0.5, 0.6) is 0 Å². The minimum atomic E-state index is -0.443. The molecule has 0 unspecified atom stereocenters. The molecule has 0 aromatic heterocycles. The molecule has 1 aromatic carbocycles. The second-order valence-electron chi connectivity index (χ2n) is 4.76. The molecule has 0 aliphatic heterocycles. The van der Waals surface area contributed by atoms with E-state index >= 15 is 0 Å². The Morgan fingerprint density at radius 3 is 2.75 bits per heavy atom. The lowest BCUT2D eigenvalue weighted by Crippen LogP contribution is -2.45. The third-order valence-electron chi connectivity index (χ3n) is 3.29. The molecule has 0 spiro atoms. The Bertz CT molecular complexity index is 374. The van der Waals surface area contributed by atoms with Crippen LogP contribution in [-0.2, 0) is 6.54 Å². The Balaban J connectivity index is 1.83. The van der Waals surface area contributed by atoms with Crippen molar-refractivity contribution in [1.82, 2.24) is 5.32 Å². The highest BCUT2D eigenvalue weighted by Gasteiger charge is 2.33. The van der Waals surface area contributed by atoms with Gasteiger partial charge >= 0.3 is 0 Å². The van der Waals surface area contributed by atoms with E-state index in [1.54, 1.807) is 0 Å². The molecule has 1 aliphatic rings. The van der Waals surface area contributed by atoms with Crippen LogP contribution in [0, 0.1) is 6.92 Å². The first-order valence-electron chi connectivity index (χ1n) is 5.77. The van der Waals surface area contributed by atoms with Crippen molar-refractivity contribution in [2.45, 2.75) is 38.3 Å². The molecular weight excluding hydrogens is 222 g/mol. The van der Waals surface area contributed by atoms with Crippen molar-refractivity contribution in [3.05, 3.63) is 34.3 Å². The zero-order valence-electron chi connectivity index (χ0n) is 9.59. The van der Waals surface area contributed by atoms with Crippen LogP contribution in [0.1, 0.15) is 30.4 Å². The summed E-state index contributed by atoms with van der Waals surface area (Å²) in [5.41, 5.74) is 1.87. The number of rotatable bonds is 4. The van der Waals surface area contributed by atoms with Crippen molar-refractivity contribution < 1.29 is 5.11 Å². The van der Waals surface area contributed by atoms with E-state index in [9.17, 15) is 5.11 Å². The molecule has 0 bridgehead atoms. The lowest BCUT2D eigenvalue weighted by molar-refractivity contribution is -0.0314. The molecule has 0 radical (unpaired) electrons. The highest BCUT2D eigenvalue weighted by atomic mass is 35.5. The molecule has 1 aliphatic carbocycles. The molecule has 0 saturated heterocycles. The van der Waals surface area contributed by atoms with Gasteiger partial charge in [-0.2, -0.15) is 0 Å². The second kappa shape index (κ2) is 4.74. The fourth-order valence-corrected chi connectivity index (χ4v) is 2.14. The summed E-state index contributed by atoms with van der Waals surface area (Å²) in [6.07, 6.45) is 3.01. The largest absolute Gasteiger partial charge is 0.389 e. The van der Waals surface area contributed by atoms with Crippen molar-refractivity contribution in [3.63, 3.8) is 0 Å². The van der Waals surface area contributed by atoms with Gasteiger partial charge in [0.05, 0.1) is 5.60 Å². The molecule has 0 heterocycles. The third-order valence-corrected chi connectivity index (χ3v) is 3.71. The predicted octanol–water partition coefficient (Wildman–Crippen LogP) is 2.65. The van der Waals surface area contributed by atoms with Crippen LogP contribution in [-0.4, -0.2) is 17.3 Å². The van der Waals surface area contributed by atoms with Crippen LogP contribution >= 0.6 is 11.6 Å². The van der Waals surface area contributed by atoms with Gasteiger partial charge in [-0.15, -0.1) is 0 Å². The topological polar surface area (TPSA) is 32.3 Å². The predicted molar refractivity (Wildman–Crippen MR) is 66.7 cm³/mol. The van der Waals surface area contributed by atoms with Crippen molar-refractivity contribution in [1.29, 1.82) is 0 Å². The molecule has 2 nitrogen and oxygen atoms in total. The van der Waals surface area contributed by atoms with Crippen LogP contribution < -0.4 is 5.32 Å². The van der Waals surface area contributed by atoms with E-state index in [2.05, 4.69) is 11.4 Å². The van der Waals surface area contributed by atoms with Gasteiger partial charge in [-0.3, -0.25) is 0 Å². The number of aryl methyl sites for hydroxylation is 1. The van der Waals surface area contributed by atoms with E-state index in [1.165, 1.54) is 5.56 Å². The molecule has 1 aromatic rings. The van der Waals surface area contributed by atoms with Crippen LogP contribution in [0.2, 0.25) is 5.02 Å². The maximum Gasteiger partial charge on any atom is 0.0771 e. The van der Waals surface area contributed by atoms with Crippen LogP contribution in [0.3, 0.4) is 0 Å². The molecule has 88 valence electrons. The summed E-state index contributed by atoms with van der Waals surface area (Å²) in [5.74, 6) is 0. The Morgan fingerprint density at radius 1 is 1.44 bits per heavy atom. The van der Waals surface area contributed by atoms with Gasteiger partial charge in [-0.25, -0.2) is 0 Å². The standard InChI is InChI=1S/C13H18ClNO/c1-10-7-11(3-4-12(10)14)8-15-9-13(16)5-2-6-13/h3-4,7,15-16H,2,5-6,8-9H2,1H3. The third kappa shape index (κ3) is 2.76. The fourth-order valence-electron chi connectivity index (χ4n) is 2.02. The Morgan fingerprint density at radius 2 is 2.19 bits per heavy atom.